The molecule has 4 rings (SSSR count). The Bertz CT molecular complexity index is 1090. The van der Waals surface area contributed by atoms with Crippen LogP contribution in [0.1, 0.15) is 16.2 Å². The van der Waals surface area contributed by atoms with Crippen LogP contribution < -0.4 is 5.32 Å². The van der Waals surface area contributed by atoms with Gasteiger partial charge in [0.1, 0.15) is 11.5 Å². The highest BCUT2D eigenvalue weighted by Gasteiger charge is 2.16. The van der Waals surface area contributed by atoms with E-state index in [4.69, 9.17) is 4.52 Å². The van der Waals surface area contributed by atoms with Crippen molar-refractivity contribution in [1.29, 1.82) is 0 Å². The van der Waals surface area contributed by atoms with Gasteiger partial charge in [-0.2, -0.15) is 10.1 Å². The zero-order chi connectivity index (χ0) is 19.3. The minimum Gasteiger partial charge on any atom is -0.351 e. The van der Waals surface area contributed by atoms with Crippen molar-refractivity contribution in [2.75, 3.05) is 6.54 Å². The molecule has 1 aromatic carbocycles. The van der Waals surface area contributed by atoms with Crippen LogP contribution in [0.2, 0.25) is 0 Å². The maximum absolute atomic E-state index is 13.4. The first-order chi connectivity index (χ1) is 13.7. The Morgan fingerprint density at radius 3 is 2.96 bits per heavy atom. The van der Waals surface area contributed by atoms with Gasteiger partial charge in [0.25, 0.3) is 5.91 Å². The fraction of sp³-hybridized carbons (Fsp3) is 0.105. The van der Waals surface area contributed by atoms with Crippen LogP contribution in [0.5, 0.6) is 0 Å². The highest BCUT2D eigenvalue weighted by atomic mass is 19.1. The van der Waals surface area contributed by atoms with Gasteiger partial charge in [-0.25, -0.2) is 4.39 Å². The van der Waals surface area contributed by atoms with Crippen LogP contribution >= 0.6 is 0 Å². The van der Waals surface area contributed by atoms with E-state index in [1.807, 2.05) is 6.07 Å². The molecule has 28 heavy (non-hydrogen) atoms. The van der Waals surface area contributed by atoms with Crippen molar-refractivity contribution in [3.63, 3.8) is 0 Å². The lowest BCUT2D eigenvalue weighted by molar-refractivity contribution is 0.0954. The van der Waals surface area contributed by atoms with Gasteiger partial charge in [-0.15, -0.1) is 0 Å². The Labute approximate surface area is 158 Å². The van der Waals surface area contributed by atoms with Gasteiger partial charge in [0.2, 0.25) is 11.7 Å². The van der Waals surface area contributed by atoms with Crippen LogP contribution in [-0.4, -0.2) is 37.8 Å². The second-order valence-corrected chi connectivity index (χ2v) is 5.90. The van der Waals surface area contributed by atoms with Crippen LogP contribution in [0.15, 0.2) is 59.4 Å². The Balaban J connectivity index is 1.38. The maximum atomic E-state index is 13.4. The number of aromatic amines is 1. The highest BCUT2D eigenvalue weighted by Crippen LogP contribution is 2.21. The second-order valence-electron chi connectivity index (χ2n) is 5.90. The molecule has 0 radical (unpaired) electrons. The Hall–Kier alpha value is -3.88. The molecule has 0 saturated carbocycles. The van der Waals surface area contributed by atoms with Gasteiger partial charge in [0, 0.05) is 24.7 Å². The first-order valence-electron chi connectivity index (χ1n) is 8.52. The monoisotopic (exact) mass is 378 g/mol. The number of nitrogens with one attached hydrogen (secondary N) is 2. The SMILES string of the molecule is O=C(NCCc1nc(-c2ccccn2)no1)c1cn[nH]c1-c1cccc(F)c1. The summed E-state index contributed by atoms with van der Waals surface area (Å²) in [6.45, 7) is 0.288. The standard InChI is InChI=1S/C19H15FN6O2/c20-13-5-3-4-12(10-13)17-14(11-23-25-17)19(27)22-9-7-16-24-18(26-28-16)15-6-1-2-8-21-15/h1-6,8,10-11H,7,9H2,(H,22,27)(H,23,25). The van der Waals surface area contributed by atoms with Crippen LogP contribution in [0, 0.1) is 5.82 Å². The molecule has 0 spiro atoms. The molecule has 3 heterocycles. The number of amides is 1. The molecule has 0 unspecified atom stereocenters. The summed E-state index contributed by atoms with van der Waals surface area (Å²) in [6.07, 6.45) is 3.41. The third-order valence-electron chi connectivity index (χ3n) is 3.98. The number of H-pyrrole nitrogens is 1. The number of rotatable bonds is 6. The smallest absolute Gasteiger partial charge is 0.255 e. The highest BCUT2D eigenvalue weighted by molar-refractivity contribution is 5.99. The van der Waals surface area contributed by atoms with E-state index in [-0.39, 0.29) is 12.5 Å². The topological polar surface area (TPSA) is 110 Å². The summed E-state index contributed by atoms with van der Waals surface area (Å²) < 4.78 is 18.6. The zero-order valence-corrected chi connectivity index (χ0v) is 14.6. The van der Waals surface area contributed by atoms with Gasteiger partial charge in [-0.3, -0.25) is 14.9 Å². The van der Waals surface area contributed by atoms with Crippen molar-refractivity contribution < 1.29 is 13.7 Å². The summed E-state index contributed by atoms with van der Waals surface area (Å²) in [5.41, 5.74) is 1.93. The molecule has 0 aliphatic heterocycles. The number of halogens is 1. The molecule has 9 heteroatoms. The first-order valence-corrected chi connectivity index (χ1v) is 8.52. The molecule has 4 aromatic rings. The molecule has 0 bridgehead atoms. The minimum absolute atomic E-state index is 0.288. The fourth-order valence-corrected chi connectivity index (χ4v) is 2.66. The lowest BCUT2D eigenvalue weighted by atomic mass is 10.1. The maximum Gasteiger partial charge on any atom is 0.255 e. The van der Waals surface area contributed by atoms with Gasteiger partial charge in [0.05, 0.1) is 17.5 Å². The van der Waals surface area contributed by atoms with Gasteiger partial charge < -0.3 is 9.84 Å². The number of hydrogen-bond donors (Lipinski definition) is 2. The van der Waals surface area contributed by atoms with Crippen LogP contribution in [-0.2, 0) is 6.42 Å². The largest absolute Gasteiger partial charge is 0.351 e. The molecule has 0 aliphatic carbocycles. The number of benzene rings is 1. The van der Waals surface area contributed by atoms with Crippen molar-refractivity contribution >= 4 is 5.91 Å². The number of hydrogen-bond acceptors (Lipinski definition) is 6. The molecule has 0 fully saturated rings. The number of carbonyl (C=O) groups is 1. The summed E-state index contributed by atoms with van der Waals surface area (Å²) in [5, 5.41) is 13.3. The van der Waals surface area contributed by atoms with Crippen molar-refractivity contribution in [3.05, 3.63) is 72.1 Å². The number of pyridine rings is 1. The lowest BCUT2D eigenvalue weighted by Crippen LogP contribution is -2.25. The Morgan fingerprint density at radius 1 is 1.21 bits per heavy atom. The van der Waals surface area contributed by atoms with Crippen LogP contribution in [0.4, 0.5) is 4.39 Å². The molecule has 1 amide bonds. The van der Waals surface area contributed by atoms with Gasteiger partial charge in [-0.05, 0) is 24.3 Å². The molecule has 3 aromatic heterocycles. The van der Waals surface area contributed by atoms with E-state index in [9.17, 15) is 9.18 Å². The summed E-state index contributed by atoms with van der Waals surface area (Å²) in [4.78, 5) is 20.9. The lowest BCUT2D eigenvalue weighted by Gasteiger charge is -2.05. The van der Waals surface area contributed by atoms with Gasteiger partial charge in [-0.1, -0.05) is 23.4 Å². The van der Waals surface area contributed by atoms with Crippen molar-refractivity contribution in [1.82, 2.24) is 30.6 Å². The summed E-state index contributed by atoms with van der Waals surface area (Å²) >= 11 is 0. The quantitative estimate of drug-likeness (QED) is 0.534. The number of nitrogens with zero attached hydrogens (tertiary/aromatic N) is 4. The molecule has 2 N–H and O–H groups in total. The third-order valence-corrected chi connectivity index (χ3v) is 3.98. The Kier molecular flexibility index (Phi) is 4.87. The van der Waals surface area contributed by atoms with E-state index >= 15 is 0 Å². The average Bonchev–Trinajstić information content (AvgIpc) is 3.38. The van der Waals surface area contributed by atoms with E-state index < -0.39 is 5.82 Å². The molecular formula is C19H15FN6O2. The molecule has 0 aliphatic rings. The van der Waals surface area contributed by atoms with E-state index in [1.54, 1.807) is 30.5 Å². The second kappa shape index (κ2) is 7.78. The molecular weight excluding hydrogens is 363 g/mol. The molecule has 0 saturated heterocycles. The van der Waals surface area contributed by atoms with Crippen LogP contribution in [0.3, 0.4) is 0 Å². The van der Waals surface area contributed by atoms with Gasteiger partial charge >= 0.3 is 0 Å². The molecule has 140 valence electrons. The number of aromatic nitrogens is 5. The summed E-state index contributed by atoms with van der Waals surface area (Å²) in [6, 6.07) is 11.4. The fourth-order valence-electron chi connectivity index (χ4n) is 2.66. The summed E-state index contributed by atoms with van der Waals surface area (Å²) in [5.74, 6) is 0.0553. The average molecular weight is 378 g/mol. The Morgan fingerprint density at radius 2 is 2.14 bits per heavy atom. The van der Waals surface area contributed by atoms with Crippen molar-refractivity contribution in [2.24, 2.45) is 0 Å². The van der Waals surface area contributed by atoms with Gasteiger partial charge in [0.15, 0.2) is 0 Å². The summed E-state index contributed by atoms with van der Waals surface area (Å²) in [7, 11) is 0. The van der Waals surface area contributed by atoms with Crippen molar-refractivity contribution in [2.45, 2.75) is 6.42 Å². The predicted octanol–water partition coefficient (Wildman–Crippen LogP) is 2.63. The minimum atomic E-state index is -0.390. The zero-order valence-electron chi connectivity index (χ0n) is 14.6. The van der Waals surface area contributed by atoms with Crippen molar-refractivity contribution in [3.8, 4) is 22.8 Å². The third kappa shape index (κ3) is 3.78. The molecule has 0 atom stereocenters. The molecule has 8 nitrogen and oxygen atoms in total. The predicted molar refractivity (Wildman–Crippen MR) is 97.5 cm³/mol. The van der Waals surface area contributed by atoms with E-state index in [1.165, 1.54) is 18.3 Å². The van der Waals surface area contributed by atoms with Crippen LogP contribution in [0.25, 0.3) is 22.8 Å². The number of carbonyl (C=O) groups excluding carboxylic acids is 1. The first kappa shape index (κ1) is 17.5. The normalized spacial score (nSPS) is 10.8. The van der Waals surface area contributed by atoms with E-state index in [0.29, 0.717) is 40.7 Å². The van der Waals surface area contributed by atoms with E-state index in [2.05, 4.69) is 30.6 Å². The van der Waals surface area contributed by atoms with E-state index in [0.717, 1.165) is 0 Å².